The molecule has 3 heteroatoms. The lowest BCUT2D eigenvalue weighted by Crippen LogP contribution is -2.29. The van der Waals surface area contributed by atoms with Crippen LogP contribution in [0.1, 0.15) is 39.5 Å². The zero-order chi connectivity index (χ0) is 12.2. The monoisotopic (exact) mass is 231 g/mol. The number of nitrogens with one attached hydrogen (secondary N) is 1. The standard InChI is InChI=1S/C13H29NO2/c1-5-12(6-2)11-13(14-3)7-8-16-10-9-15-4/h12-14H,5-11H2,1-4H3. The molecule has 0 aromatic rings. The molecule has 0 aliphatic heterocycles. The van der Waals surface area contributed by atoms with Gasteiger partial charge in [0.05, 0.1) is 13.2 Å². The zero-order valence-corrected chi connectivity index (χ0v) is 11.4. The highest BCUT2D eigenvalue weighted by Crippen LogP contribution is 2.16. The van der Waals surface area contributed by atoms with Gasteiger partial charge in [-0.3, -0.25) is 0 Å². The van der Waals surface area contributed by atoms with Crippen molar-refractivity contribution < 1.29 is 9.47 Å². The Morgan fingerprint density at radius 1 is 1.06 bits per heavy atom. The quantitative estimate of drug-likeness (QED) is 0.554. The summed E-state index contributed by atoms with van der Waals surface area (Å²) in [6.45, 7) is 6.77. The largest absolute Gasteiger partial charge is 0.382 e. The van der Waals surface area contributed by atoms with Crippen LogP contribution in [-0.2, 0) is 9.47 Å². The van der Waals surface area contributed by atoms with Gasteiger partial charge >= 0.3 is 0 Å². The second-order valence-corrected chi connectivity index (χ2v) is 4.30. The number of ether oxygens (including phenoxy) is 2. The third-order valence-electron chi connectivity index (χ3n) is 3.22. The molecule has 1 unspecified atom stereocenters. The van der Waals surface area contributed by atoms with Crippen molar-refractivity contribution in [3.05, 3.63) is 0 Å². The maximum atomic E-state index is 5.49. The molecule has 98 valence electrons. The highest BCUT2D eigenvalue weighted by Gasteiger charge is 2.12. The number of hydrogen-bond donors (Lipinski definition) is 1. The van der Waals surface area contributed by atoms with Crippen molar-refractivity contribution >= 4 is 0 Å². The van der Waals surface area contributed by atoms with E-state index in [-0.39, 0.29) is 0 Å². The Morgan fingerprint density at radius 2 is 1.75 bits per heavy atom. The van der Waals surface area contributed by atoms with Crippen molar-refractivity contribution in [2.45, 2.75) is 45.6 Å². The summed E-state index contributed by atoms with van der Waals surface area (Å²) in [5, 5.41) is 3.38. The van der Waals surface area contributed by atoms with Gasteiger partial charge in [0, 0.05) is 19.8 Å². The first kappa shape index (κ1) is 15.9. The van der Waals surface area contributed by atoms with Gasteiger partial charge in [-0.15, -0.1) is 0 Å². The van der Waals surface area contributed by atoms with E-state index in [1.807, 2.05) is 7.05 Å². The molecule has 0 aromatic carbocycles. The minimum atomic E-state index is 0.590. The van der Waals surface area contributed by atoms with Crippen LogP contribution in [0.5, 0.6) is 0 Å². The first-order chi connectivity index (χ1) is 7.78. The van der Waals surface area contributed by atoms with Gasteiger partial charge in [-0.2, -0.15) is 0 Å². The summed E-state index contributed by atoms with van der Waals surface area (Å²) in [5.41, 5.74) is 0. The van der Waals surface area contributed by atoms with Gasteiger partial charge in [0.2, 0.25) is 0 Å². The average molecular weight is 231 g/mol. The summed E-state index contributed by atoms with van der Waals surface area (Å²) in [6.07, 6.45) is 4.91. The van der Waals surface area contributed by atoms with Crippen molar-refractivity contribution in [1.29, 1.82) is 0 Å². The van der Waals surface area contributed by atoms with Gasteiger partial charge in [0.15, 0.2) is 0 Å². The van der Waals surface area contributed by atoms with Crippen molar-refractivity contribution in [3.63, 3.8) is 0 Å². The fourth-order valence-electron chi connectivity index (χ4n) is 1.87. The van der Waals surface area contributed by atoms with Crippen LogP contribution in [-0.4, -0.2) is 40.0 Å². The summed E-state index contributed by atoms with van der Waals surface area (Å²) in [5.74, 6) is 0.844. The molecule has 0 heterocycles. The fraction of sp³-hybridized carbons (Fsp3) is 1.00. The second kappa shape index (κ2) is 11.4. The molecule has 1 N–H and O–H groups in total. The molecule has 0 aliphatic rings. The lowest BCUT2D eigenvalue weighted by atomic mass is 9.93. The normalized spacial score (nSPS) is 13.3. The predicted molar refractivity (Wildman–Crippen MR) is 68.8 cm³/mol. The predicted octanol–water partition coefficient (Wildman–Crippen LogP) is 2.45. The summed E-state index contributed by atoms with van der Waals surface area (Å²) < 4.78 is 10.4. The fourth-order valence-corrected chi connectivity index (χ4v) is 1.87. The third kappa shape index (κ3) is 8.08. The molecule has 0 saturated heterocycles. The lowest BCUT2D eigenvalue weighted by molar-refractivity contribution is 0.0649. The molecule has 16 heavy (non-hydrogen) atoms. The van der Waals surface area contributed by atoms with Gasteiger partial charge in [-0.1, -0.05) is 26.7 Å². The van der Waals surface area contributed by atoms with Crippen LogP contribution in [0, 0.1) is 5.92 Å². The molecule has 0 fully saturated rings. The third-order valence-corrected chi connectivity index (χ3v) is 3.22. The first-order valence-corrected chi connectivity index (χ1v) is 6.52. The number of rotatable bonds is 11. The SMILES string of the molecule is CCC(CC)CC(CCOCCOC)NC. The number of methoxy groups -OCH3 is 1. The maximum absolute atomic E-state index is 5.49. The highest BCUT2D eigenvalue weighted by molar-refractivity contribution is 4.69. The van der Waals surface area contributed by atoms with Gasteiger partial charge in [0.1, 0.15) is 0 Å². The van der Waals surface area contributed by atoms with E-state index in [9.17, 15) is 0 Å². The van der Waals surface area contributed by atoms with Gasteiger partial charge in [-0.05, 0) is 25.8 Å². The molecule has 1 atom stereocenters. The van der Waals surface area contributed by atoms with Crippen LogP contribution >= 0.6 is 0 Å². The van der Waals surface area contributed by atoms with E-state index in [2.05, 4.69) is 19.2 Å². The van der Waals surface area contributed by atoms with Gasteiger partial charge < -0.3 is 14.8 Å². The van der Waals surface area contributed by atoms with Crippen LogP contribution in [0.15, 0.2) is 0 Å². The highest BCUT2D eigenvalue weighted by atomic mass is 16.5. The summed E-state index contributed by atoms with van der Waals surface area (Å²) >= 11 is 0. The van der Waals surface area contributed by atoms with Crippen molar-refractivity contribution in [1.82, 2.24) is 5.32 Å². The topological polar surface area (TPSA) is 30.5 Å². The van der Waals surface area contributed by atoms with Gasteiger partial charge in [-0.25, -0.2) is 0 Å². The van der Waals surface area contributed by atoms with Crippen molar-refractivity contribution in [2.75, 3.05) is 34.0 Å². The smallest absolute Gasteiger partial charge is 0.0700 e. The summed E-state index contributed by atoms with van der Waals surface area (Å²) in [6, 6.07) is 0.590. The molecule has 0 aliphatic carbocycles. The second-order valence-electron chi connectivity index (χ2n) is 4.30. The molecule has 0 amide bonds. The Kier molecular flexibility index (Phi) is 11.3. The van der Waals surface area contributed by atoms with E-state index >= 15 is 0 Å². The maximum Gasteiger partial charge on any atom is 0.0700 e. The van der Waals surface area contributed by atoms with E-state index < -0.39 is 0 Å². The minimum Gasteiger partial charge on any atom is -0.382 e. The van der Waals surface area contributed by atoms with Crippen LogP contribution in [0.25, 0.3) is 0 Å². The van der Waals surface area contributed by atoms with E-state index in [1.54, 1.807) is 7.11 Å². The molecule has 0 bridgehead atoms. The molecule has 0 radical (unpaired) electrons. The Hall–Kier alpha value is -0.120. The molecule has 0 aromatic heterocycles. The Bertz CT molecular complexity index is 138. The Morgan fingerprint density at radius 3 is 2.25 bits per heavy atom. The summed E-state index contributed by atoms with van der Waals surface area (Å²) in [7, 11) is 3.75. The Labute approximate surface area is 101 Å². The molecular formula is C13H29NO2. The van der Waals surface area contributed by atoms with Crippen LogP contribution in [0.3, 0.4) is 0 Å². The molecule has 0 rings (SSSR count). The molecule has 0 spiro atoms. The zero-order valence-electron chi connectivity index (χ0n) is 11.4. The summed E-state index contributed by atoms with van der Waals surface area (Å²) in [4.78, 5) is 0. The van der Waals surface area contributed by atoms with E-state index in [1.165, 1.54) is 19.3 Å². The van der Waals surface area contributed by atoms with E-state index in [4.69, 9.17) is 9.47 Å². The van der Waals surface area contributed by atoms with Crippen molar-refractivity contribution in [3.8, 4) is 0 Å². The van der Waals surface area contributed by atoms with E-state index in [0.29, 0.717) is 19.3 Å². The molecule has 0 saturated carbocycles. The molecule has 3 nitrogen and oxygen atoms in total. The van der Waals surface area contributed by atoms with Crippen molar-refractivity contribution in [2.24, 2.45) is 5.92 Å². The van der Waals surface area contributed by atoms with Crippen LogP contribution in [0.4, 0.5) is 0 Å². The average Bonchev–Trinajstić information content (AvgIpc) is 2.33. The first-order valence-electron chi connectivity index (χ1n) is 6.52. The van der Waals surface area contributed by atoms with Gasteiger partial charge in [0.25, 0.3) is 0 Å². The van der Waals surface area contributed by atoms with E-state index in [0.717, 1.165) is 18.9 Å². The lowest BCUT2D eigenvalue weighted by Gasteiger charge is -2.21. The van der Waals surface area contributed by atoms with Crippen LogP contribution in [0.2, 0.25) is 0 Å². The van der Waals surface area contributed by atoms with Crippen LogP contribution < -0.4 is 5.32 Å². The number of hydrogen-bond acceptors (Lipinski definition) is 3. The molecular weight excluding hydrogens is 202 g/mol. The Balaban J connectivity index is 3.57. The minimum absolute atomic E-state index is 0.590.